The smallest absolute Gasteiger partial charge is 0.232 e. The summed E-state index contributed by atoms with van der Waals surface area (Å²) in [5.74, 6) is 0.141. The van der Waals surface area contributed by atoms with Crippen LogP contribution in [0, 0.1) is 0 Å². The molecule has 4 nitrogen and oxygen atoms in total. The fourth-order valence-electron chi connectivity index (χ4n) is 3.06. The monoisotopic (exact) mass is 330 g/mol. The SMILES string of the molecule is CC(O)CCCCCCCCCCC(=O)n1cnc2ccccc21. The number of rotatable bonds is 11. The fourth-order valence-corrected chi connectivity index (χ4v) is 3.06. The molecule has 1 aromatic heterocycles. The Hall–Kier alpha value is -1.68. The lowest BCUT2D eigenvalue weighted by atomic mass is 10.1. The number of benzene rings is 1. The number of hydrogen-bond acceptors (Lipinski definition) is 3. The Bertz CT molecular complexity index is 619. The molecule has 132 valence electrons. The number of aromatic nitrogens is 2. The van der Waals surface area contributed by atoms with Crippen molar-refractivity contribution in [1.29, 1.82) is 0 Å². The Kier molecular flexibility index (Phi) is 7.96. The Balaban J connectivity index is 1.54. The number of carbonyl (C=O) groups excluding carboxylic acids is 1. The van der Waals surface area contributed by atoms with Gasteiger partial charge in [-0.2, -0.15) is 0 Å². The summed E-state index contributed by atoms with van der Waals surface area (Å²) in [5, 5.41) is 9.19. The van der Waals surface area contributed by atoms with Crippen molar-refractivity contribution in [3.63, 3.8) is 0 Å². The molecule has 1 aromatic carbocycles. The van der Waals surface area contributed by atoms with E-state index in [-0.39, 0.29) is 12.0 Å². The van der Waals surface area contributed by atoms with Crippen molar-refractivity contribution in [3.8, 4) is 0 Å². The second-order valence-electron chi connectivity index (χ2n) is 6.71. The molecule has 0 bridgehead atoms. The Morgan fingerprint density at radius 3 is 2.38 bits per heavy atom. The van der Waals surface area contributed by atoms with Crippen LogP contribution in [0.2, 0.25) is 0 Å². The lowest BCUT2D eigenvalue weighted by Gasteiger charge is -2.05. The number of fused-ring (bicyclic) bond motifs is 1. The molecular weight excluding hydrogens is 300 g/mol. The van der Waals surface area contributed by atoms with Gasteiger partial charge in [-0.25, -0.2) is 4.98 Å². The van der Waals surface area contributed by atoms with Crippen molar-refractivity contribution in [2.75, 3.05) is 0 Å². The van der Waals surface area contributed by atoms with Gasteiger partial charge >= 0.3 is 0 Å². The minimum Gasteiger partial charge on any atom is -0.393 e. The van der Waals surface area contributed by atoms with E-state index in [2.05, 4.69) is 4.98 Å². The van der Waals surface area contributed by atoms with Crippen molar-refractivity contribution in [2.24, 2.45) is 0 Å². The lowest BCUT2D eigenvalue weighted by molar-refractivity contribution is 0.0903. The molecule has 1 atom stereocenters. The summed E-state index contributed by atoms with van der Waals surface area (Å²) in [6.45, 7) is 1.86. The summed E-state index contributed by atoms with van der Waals surface area (Å²) < 4.78 is 1.68. The highest BCUT2D eigenvalue weighted by Gasteiger charge is 2.08. The van der Waals surface area contributed by atoms with Gasteiger partial charge in [-0.1, -0.05) is 57.1 Å². The van der Waals surface area contributed by atoms with Crippen LogP contribution in [0.4, 0.5) is 0 Å². The molecule has 0 aliphatic heterocycles. The Morgan fingerprint density at radius 2 is 1.67 bits per heavy atom. The van der Waals surface area contributed by atoms with Gasteiger partial charge in [0, 0.05) is 6.42 Å². The normalized spacial score (nSPS) is 12.6. The molecule has 2 aromatic rings. The number of carbonyl (C=O) groups is 1. The maximum absolute atomic E-state index is 12.3. The molecule has 1 unspecified atom stereocenters. The van der Waals surface area contributed by atoms with Crippen LogP contribution in [0.3, 0.4) is 0 Å². The van der Waals surface area contributed by atoms with E-state index in [0.717, 1.165) is 36.7 Å². The van der Waals surface area contributed by atoms with Gasteiger partial charge in [-0.15, -0.1) is 0 Å². The average molecular weight is 330 g/mol. The average Bonchev–Trinajstić information content (AvgIpc) is 3.00. The van der Waals surface area contributed by atoms with Gasteiger partial charge in [0.25, 0.3) is 0 Å². The summed E-state index contributed by atoms with van der Waals surface area (Å²) in [6, 6.07) is 7.75. The van der Waals surface area contributed by atoms with Gasteiger partial charge in [0.05, 0.1) is 17.1 Å². The standard InChI is InChI=1S/C20H30N2O2/c1-17(23)12-8-6-4-2-3-5-7-9-15-20(24)22-16-21-18-13-10-11-14-19(18)22/h10-11,13-14,16-17,23H,2-9,12,15H2,1H3. The van der Waals surface area contributed by atoms with E-state index in [4.69, 9.17) is 0 Å². The molecule has 0 amide bonds. The number of hydrogen-bond donors (Lipinski definition) is 1. The number of aliphatic hydroxyl groups excluding tert-OH is 1. The first-order valence-electron chi connectivity index (χ1n) is 9.32. The first kappa shape index (κ1) is 18.7. The summed E-state index contributed by atoms with van der Waals surface area (Å²) in [6.07, 6.45) is 12.4. The van der Waals surface area contributed by atoms with E-state index in [0.29, 0.717) is 6.42 Å². The predicted molar refractivity (Wildman–Crippen MR) is 98.2 cm³/mol. The molecule has 0 fully saturated rings. The second kappa shape index (κ2) is 10.2. The van der Waals surface area contributed by atoms with Gasteiger partial charge < -0.3 is 5.11 Å². The molecule has 1 N–H and O–H groups in total. The van der Waals surface area contributed by atoms with Crippen LogP contribution in [0.25, 0.3) is 11.0 Å². The molecule has 0 spiro atoms. The Morgan fingerprint density at radius 1 is 1.04 bits per heavy atom. The van der Waals surface area contributed by atoms with Crippen LogP contribution in [-0.4, -0.2) is 26.7 Å². The fraction of sp³-hybridized carbons (Fsp3) is 0.600. The summed E-state index contributed by atoms with van der Waals surface area (Å²) in [5.41, 5.74) is 1.78. The molecule has 0 saturated heterocycles. The molecule has 1 heterocycles. The van der Waals surface area contributed by atoms with Crippen LogP contribution in [0.5, 0.6) is 0 Å². The molecule has 0 aliphatic rings. The van der Waals surface area contributed by atoms with E-state index in [1.165, 1.54) is 32.1 Å². The van der Waals surface area contributed by atoms with Crippen molar-refractivity contribution >= 4 is 16.9 Å². The van der Waals surface area contributed by atoms with Gasteiger partial charge in [0.2, 0.25) is 5.91 Å². The largest absolute Gasteiger partial charge is 0.393 e. The zero-order valence-corrected chi connectivity index (χ0v) is 14.8. The van der Waals surface area contributed by atoms with E-state index < -0.39 is 0 Å². The molecule has 2 rings (SSSR count). The van der Waals surface area contributed by atoms with Gasteiger partial charge in [0.15, 0.2) is 0 Å². The molecule has 24 heavy (non-hydrogen) atoms. The van der Waals surface area contributed by atoms with Gasteiger partial charge in [-0.05, 0) is 31.9 Å². The molecular formula is C20H30N2O2. The number of unbranched alkanes of at least 4 members (excludes halogenated alkanes) is 7. The molecule has 0 radical (unpaired) electrons. The van der Waals surface area contributed by atoms with Crippen LogP contribution in [-0.2, 0) is 0 Å². The van der Waals surface area contributed by atoms with Crippen molar-refractivity contribution in [1.82, 2.24) is 9.55 Å². The first-order valence-corrected chi connectivity index (χ1v) is 9.32. The van der Waals surface area contributed by atoms with E-state index >= 15 is 0 Å². The van der Waals surface area contributed by atoms with E-state index in [1.807, 2.05) is 31.2 Å². The predicted octanol–water partition coefficient (Wildman–Crippen LogP) is 4.96. The zero-order chi connectivity index (χ0) is 17.2. The van der Waals surface area contributed by atoms with Crippen LogP contribution >= 0.6 is 0 Å². The van der Waals surface area contributed by atoms with Gasteiger partial charge in [-0.3, -0.25) is 9.36 Å². The lowest BCUT2D eigenvalue weighted by Crippen LogP contribution is -2.08. The topological polar surface area (TPSA) is 55.1 Å². The number of nitrogens with zero attached hydrogens (tertiary/aromatic N) is 2. The van der Waals surface area contributed by atoms with E-state index in [9.17, 15) is 9.90 Å². The summed E-state index contributed by atoms with van der Waals surface area (Å²) in [7, 11) is 0. The summed E-state index contributed by atoms with van der Waals surface area (Å²) >= 11 is 0. The van der Waals surface area contributed by atoms with Crippen LogP contribution in [0.15, 0.2) is 30.6 Å². The van der Waals surface area contributed by atoms with Crippen LogP contribution < -0.4 is 0 Å². The Labute approximate surface area is 144 Å². The number of aliphatic hydroxyl groups is 1. The van der Waals surface area contributed by atoms with Gasteiger partial charge in [0.1, 0.15) is 6.33 Å². The van der Waals surface area contributed by atoms with Crippen molar-refractivity contribution in [3.05, 3.63) is 30.6 Å². The second-order valence-corrected chi connectivity index (χ2v) is 6.71. The summed E-state index contributed by atoms with van der Waals surface area (Å²) in [4.78, 5) is 16.6. The highest BCUT2D eigenvalue weighted by molar-refractivity contribution is 5.90. The number of para-hydroxylation sites is 2. The highest BCUT2D eigenvalue weighted by atomic mass is 16.3. The molecule has 4 heteroatoms. The maximum Gasteiger partial charge on any atom is 0.232 e. The quantitative estimate of drug-likeness (QED) is 0.593. The first-order chi connectivity index (χ1) is 11.7. The zero-order valence-electron chi connectivity index (χ0n) is 14.8. The third-order valence-corrected chi connectivity index (χ3v) is 4.48. The third kappa shape index (κ3) is 6.08. The number of imidazole rings is 1. The van der Waals surface area contributed by atoms with Crippen LogP contribution in [0.1, 0.15) is 75.9 Å². The van der Waals surface area contributed by atoms with E-state index in [1.54, 1.807) is 10.9 Å². The minimum atomic E-state index is -0.157. The minimum absolute atomic E-state index is 0.141. The van der Waals surface area contributed by atoms with Crippen molar-refractivity contribution in [2.45, 2.75) is 77.2 Å². The highest BCUT2D eigenvalue weighted by Crippen LogP contribution is 2.15. The maximum atomic E-state index is 12.3. The third-order valence-electron chi connectivity index (χ3n) is 4.48. The molecule has 0 aliphatic carbocycles. The van der Waals surface area contributed by atoms with Crippen molar-refractivity contribution < 1.29 is 9.90 Å². The molecule has 0 saturated carbocycles.